The van der Waals surface area contributed by atoms with E-state index in [2.05, 4.69) is 37.9 Å². The van der Waals surface area contributed by atoms with Gasteiger partial charge < -0.3 is 30.1 Å². The van der Waals surface area contributed by atoms with Crippen LogP contribution in [0.3, 0.4) is 0 Å². The van der Waals surface area contributed by atoms with Crippen LogP contribution in [0, 0.1) is 29.4 Å². The van der Waals surface area contributed by atoms with E-state index in [0.717, 1.165) is 86.6 Å². The molecule has 276 valence electrons. The number of aromatic nitrogens is 3. The zero-order valence-electron chi connectivity index (χ0n) is 30.3. The second-order valence-electron chi connectivity index (χ2n) is 14.9. The molecule has 11 nitrogen and oxygen atoms in total. The Hall–Kier alpha value is -4.62. The third kappa shape index (κ3) is 7.34. The van der Waals surface area contributed by atoms with Crippen molar-refractivity contribution in [3.05, 3.63) is 71.7 Å². The molecule has 52 heavy (non-hydrogen) atoms. The highest BCUT2D eigenvalue weighted by Crippen LogP contribution is 2.32. The molecular formula is C39H49F2N8O3+. The van der Waals surface area contributed by atoms with Gasteiger partial charge in [-0.15, -0.1) is 0 Å². The number of anilines is 2. The summed E-state index contributed by atoms with van der Waals surface area (Å²) in [5.41, 5.74) is 3.05. The second kappa shape index (κ2) is 15.2. The van der Waals surface area contributed by atoms with Crippen LogP contribution in [0.4, 0.5) is 20.3 Å². The fourth-order valence-electron chi connectivity index (χ4n) is 8.09. The molecule has 13 heteroatoms. The molecule has 0 spiro atoms. The Morgan fingerprint density at radius 3 is 2.48 bits per heavy atom. The van der Waals surface area contributed by atoms with Gasteiger partial charge in [-0.3, -0.25) is 14.0 Å². The van der Waals surface area contributed by atoms with Crippen LogP contribution >= 0.6 is 0 Å². The first-order chi connectivity index (χ1) is 25.2. The number of amides is 2. The number of carbonyl (C=O) groups is 2. The molecule has 3 N–H and O–H groups in total. The molecular weight excluding hydrogens is 666 g/mol. The number of methoxy groups -OCH3 is 1. The number of halogens is 2. The van der Waals surface area contributed by atoms with Crippen LogP contribution in [0.5, 0.6) is 5.75 Å². The van der Waals surface area contributed by atoms with Gasteiger partial charge in [0.05, 0.1) is 45.7 Å². The fourth-order valence-corrected chi connectivity index (χ4v) is 8.09. The number of benzene rings is 2. The van der Waals surface area contributed by atoms with E-state index < -0.39 is 11.6 Å². The van der Waals surface area contributed by atoms with Gasteiger partial charge in [0.2, 0.25) is 11.7 Å². The number of nitrogens with zero attached hydrogens (tertiary/aromatic N) is 5. The molecule has 2 aromatic carbocycles. The number of aryl methyl sites for hydroxylation is 1. The number of fused-ring (bicyclic) bond motifs is 1. The van der Waals surface area contributed by atoms with Gasteiger partial charge in [-0.2, -0.15) is 4.39 Å². The summed E-state index contributed by atoms with van der Waals surface area (Å²) in [7, 11) is 3.64. The molecule has 0 saturated carbocycles. The summed E-state index contributed by atoms with van der Waals surface area (Å²) in [5, 5.41) is 9.81. The number of nitrogens with one attached hydrogen (secondary N) is 3. The van der Waals surface area contributed by atoms with Crippen molar-refractivity contribution in [1.82, 2.24) is 29.9 Å². The van der Waals surface area contributed by atoms with Crippen LogP contribution < -0.4 is 20.7 Å². The maximum atomic E-state index is 14.9. The molecule has 7 rings (SSSR count). The highest BCUT2D eigenvalue weighted by molar-refractivity contribution is 5.96. The number of quaternary nitrogens is 1. The van der Waals surface area contributed by atoms with Crippen LogP contribution in [0.2, 0.25) is 0 Å². The first-order valence-corrected chi connectivity index (χ1v) is 18.5. The van der Waals surface area contributed by atoms with Gasteiger partial charge in [-0.25, -0.2) is 14.4 Å². The van der Waals surface area contributed by atoms with E-state index in [1.807, 2.05) is 19.1 Å². The summed E-state index contributed by atoms with van der Waals surface area (Å²) >= 11 is 0. The lowest BCUT2D eigenvalue weighted by Crippen LogP contribution is -2.59. The lowest BCUT2D eigenvalue weighted by Gasteiger charge is -2.45. The molecule has 0 aliphatic carbocycles. The number of hydrogen-bond acceptors (Lipinski definition) is 7. The fraction of sp³-hybridized carbons (Fsp3) is 0.487. The van der Waals surface area contributed by atoms with Gasteiger partial charge in [0.25, 0.3) is 5.91 Å². The summed E-state index contributed by atoms with van der Waals surface area (Å²) in [4.78, 5) is 37.7. The third-order valence-electron chi connectivity index (χ3n) is 11.4. The highest BCUT2D eigenvalue weighted by Gasteiger charge is 2.38. The zero-order chi connectivity index (χ0) is 36.4. The van der Waals surface area contributed by atoms with Crippen molar-refractivity contribution in [1.29, 1.82) is 0 Å². The largest absolute Gasteiger partial charge is 0.494 e. The number of rotatable bonds is 11. The Morgan fingerprint density at radius 2 is 1.79 bits per heavy atom. The first-order valence-electron chi connectivity index (χ1n) is 18.5. The molecule has 5 heterocycles. The molecule has 0 unspecified atom stereocenters. The van der Waals surface area contributed by atoms with Crippen molar-refractivity contribution in [2.75, 3.05) is 71.8 Å². The Labute approximate surface area is 303 Å². The SMILES string of the molecule is CCc1cc(Nc2nccn3c(-c4ccc(OC)c(F)c4F)cnc23)ccc1C(=O)NCC1CCN(C(=O)C2CC[N+](C)(CC3CNC3)CC2)CC1. The predicted octanol–water partition coefficient (Wildman–Crippen LogP) is 5.03. The first kappa shape index (κ1) is 35.8. The van der Waals surface area contributed by atoms with Crippen molar-refractivity contribution >= 4 is 29.0 Å². The summed E-state index contributed by atoms with van der Waals surface area (Å²) in [6, 6.07) is 8.38. The van der Waals surface area contributed by atoms with Crippen molar-refractivity contribution < 1.29 is 27.6 Å². The molecule has 0 bridgehead atoms. The molecule has 2 aromatic heterocycles. The predicted molar refractivity (Wildman–Crippen MR) is 195 cm³/mol. The average molecular weight is 716 g/mol. The summed E-state index contributed by atoms with van der Waals surface area (Å²) in [5.74, 6) is -0.385. The van der Waals surface area contributed by atoms with Gasteiger partial charge in [0.15, 0.2) is 23.0 Å². The number of carbonyl (C=O) groups excluding carboxylic acids is 2. The Morgan fingerprint density at radius 1 is 1.02 bits per heavy atom. The summed E-state index contributed by atoms with van der Waals surface area (Å²) in [6.45, 7) is 9.72. The van der Waals surface area contributed by atoms with Gasteiger partial charge in [-0.1, -0.05) is 6.92 Å². The summed E-state index contributed by atoms with van der Waals surface area (Å²) in [6.07, 6.45) is 9.03. The van der Waals surface area contributed by atoms with E-state index in [-0.39, 0.29) is 23.1 Å². The quantitative estimate of drug-likeness (QED) is 0.187. The Bertz CT molecular complexity index is 1930. The number of hydrogen-bond donors (Lipinski definition) is 3. The van der Waals surface area contributed by atoms with Crippen molar-refractivity contribution in [2.45, 2.75) is 39.0 Å². The maximum absolute atomic E-state index is 14.9. The monoisotopic (exact) mass is 715 g/mol. The molecule has 0 atom stereocenters. The van der Waals surface area contributed by atoms with Crippen molar-refractivity contribution in [2.24, 2.45) is 17.8 Å². The van der Waals surface area contributed by atoms with E-state index in [1.165, 1.54) is 32.0 Å². The lowest BCUT2D eigenvalue weighted by molar-refractivity contribution is -0.918. The number of piperidine rings is 2. The van der Waals surface area contributed by atoms with Crippen LogP contribution in [-0.4, -0.2) is 102 Å². The van der Waals surface area contributed by atoms with Crippen LogP contribution in [0.1, 0.15) is 48.5 Å². The standard InChI is InChI=1S/C39H48F2N8O3/c1-4-27-19-29(46-36-37-44-23-32(48(37)16-13-43-36)31-7-8-33(52-3)35(41)34(31)40)5-6-30(27)38(50)45-22-25-9-14-47(15-10-25)39(51)28-11-17-49(2,18-12-28)24-26-20-42-21-26/h5-8,13,16,19,23,25-26,28,42H,4,9-12,14-15,17-18,20-22,24H2,1-3H3,(H-,43,45,46,50)/p+1. The van der Waals surface area contributed by atoms with E-state index in [9.17, 15) is 18.4 Å². The number of ether oxygens (including phenoxy) is 1. The number of likely N-dealkylation sites (tertiary alicyclic amines) is 2. The van der Waals surface area contributed by atoms with Crippen molar-refractivity contribution in [3.63, 3.8) is 0 Å². The molecule has 0 radical (unpaired) electrons. The second-order valence-corrected chi connectivity index (χ2v) is 14.9. The van der Waals surface area contributed by atoms with Gasteiger partial charge in [0.1, 0.15) is 0 Å². The minimum atomic E-state index is -1.06. The maximum Gasteiger partial charge on any atom is 0.251 e. The van der Waals surface area contributed by atoms with Gasteiger partial charge >= 0.3 is 0 Å². The van der Waals surface area contributed by atoms with E-state index in [0.29, 0.717) is 47.5 Å². The van der Waals surface area contributed by atoms with Crippen LogP contribution in [0.25, 0.3) is 16.9 Å². The molecule has 2 amide bonds. The van der Waals surface area contributed by atoms with E-state index in [4.69, 9.17) is 4.74 Å². The van der Waals surface area contributed by atoms with Crippen LogP contribution in [0.15, 0.2) is 48.9 Å². The topological polar surface area (TPSA) is 113 Å². The highest BCUT2D eigenvalue weighted by atomic mass is 19.2. The smallest absolute Gasteiger partial charge is 0.251 e. The molecule has 3 fully saturated rings. The van der Waals surface area contributed by atoms with E-state index in [1.54, 1.807) is 22.9 Å². The lowest BCUT2D eigenvalue weighted by atomic mass is 9.90. The average Bonchev–Trinajstić information content (AvgIpc) is 3.58. The molecule has 3 aliphatic heterocycles. The van der Waals surface area contributed by atoms with Gasteiger partial charge in [-0.05, 0) is 61.1 Å². The Kier molecular flexibility index (Phi) is 10.4. The third-order valence-corrected chi connectivity index (χ3v) is 11.4. The number of imidazole rings is 1. The molecule has 4 aromatic rings. The zero-order valence-corrected chi connectivity index (χ0v) is 30.3. The van der Waals surface area contributed by atoms with Crippen molar-refractivity contribution in [3.8, 4) is 17.0 Å². The minimum absolute atomic E-state index is 0.0459. The van der Waals surface area contributed by atoms with Gasteiger partial charge in [0, 0.05) is 86.6 Å². The molecule has 3 aliphatic rings. The Balaban J connectivity index is 0.926. The van der Waals surface area contributed by atoms with E-state index >= 15 is 0 Å². The van der Waals surface area contributed by atoms with Crippen LogP contribution in [-0.2, 0) is 11.2 Å². The minimum Gasteiger partial charge on any atom is -0.494 e. The summed E-state index contributed by atoms with van der Waals surface area (Å²) < 4.78 is 37.0. The molecule has 3 saturated heterocycles. The normalized spacial score (nSPS) is 21.2.